The number of hydrogen-bond donors (Lipinski definition) is 0. The highest BCUT2D eigenvalue weighted by atomic mass is 32.2. The maximum Gasteiger partial charge on any atom is 0.303 e. The van der Waals surface area contributed by atoms with E-state index in [0.717, 1.165) is 69.2 Å². The standard InChI is InChI=1S/C39H54O25S/c1-15(40)51-12-25-30(56-19(5)44)33(59-22(8)47)36(65-39-35(61-24(10)49)32(58-21(7)46)29(55-18(4)43)27(64-39)13-52-16(2)41)38(63-25)53-14-26-28(54-17(3)42)31(57-20(6)45)34(60-23(9)48)37(50-11)62-26/h25-39H,12-14H2,1-11H3/t25?,26?,27?,28-,29-,30-,31-,32-,33-,34?,35?,36?,37+,38-,39+/m1/s1. The topological polar surface area (TPSA) is 309 Å². The molecule has 0 N–H and O–H groups in total. The third kappa shape index (κ3) is 16.4. The molecule has 25 nitrogen and oxygen atoms in total. The van der Waals surface area contributed by atoms with Gasteiger partial charge in [-0.3, -0.25) is 47.9 Å². The number of hydrogen-bond acceptors (Lipinski definition) is 26. The summed E-state index contributed by atoms with van der Waals surface area (Å²) in [6.45, 7) is 8.49. The van der Waals surface area contributed by atoms with Crippen molar-refractivity contribution < 1.29 is 119 Å². The molecule has 366 valence electrons. The number of rotatable bonds is 18. The lowest BCUT2D eigenvalue weighted by atomic mass is 9.98. The lowest BCUT2D eigenvalue weighted by Gasteiger charge is -2.49. The summed E-state index contributed by atoms with van der Waals surface area (Å²) in [4.78, 5) is 124. The van der Waals surface area contributed by atoms with Gasteiger partial charge in [-0.2, -0.15) is 0 Å². The first-order chi connectivity index (χ1) is 30.4. The molecule has 3 aliphatic heterocycles. The van der Waals surface area contributed by atoms with Crippen LogP contribution in [0.4, 0.5) is 0 Å². The van der Waals surface area contributed by atoms with Crippen molar-refractivity contribution in [1.82, 2.24) is 0 Å². The van der Waals surface area contributed by atoms with Gasteiger partial charge in [0.2, 0.25) is 0 Å². The second-order valence-corrected chi connectivity index (χ2v) is 15.8. The van der Waals surface area contributed by atoms with Crippen LogP contribution in [-0.4, -0.2) is 177 Å². The van der Waals surface area contributed by atoms with Gasteiger partial charge in [-0.25, -0.2) is 0 Å². The second-order valence-electron chi connectivity index (χ2n) is 14.5. The van der Waals surface area contributed by atoms with Gasteiger partial charge in [0, 0.05) is 76.3 Å². The highest BCUT2D eigenvalue weighted by Gasteiger charge is 2.58. The molecule has 3 rings (SSSR count). The first-order valence-corrected chi connectivity index (χ1v) is 20.8. The Morgan fingerprint density at radius 1 is 0.369 bits per heavy atom. The number of carbonyl (C=O) groups is 10. The van der Waals surface area contributed by atoms with Crippen LogP contribution in [0.1, 0.15) is 69.2 Å². The van der Waals surface area contributed by atoms with Crippen molar-refractivity contribution >= 4 is 71.5 Å². The van der Waals surface area contributed by atoms with Gasteiger partial charge in [0.1, 0.15) is 37.0 Å². The van der Waals surface area contributed by atoms with Crippen LogP contribution in [0.15, 0.2) is 0 Å². The van der Waals surface area contributed by atoms with Crippen molar-refractivity contribution in [1.29, 1.82) is 0 Å². The summed E-state index contributed by atoms with van der Waals surface area (Å²) in [5, 5.41) is -1.50. The average Bonchev–Trinajstić information content (AvgIpc) is 3.16. The Kier molecular flexibility index (Phi) is 20.8. The van der Waals surface area contributed by atoms with Gasteiger partial charge in [0.05, 0.1) is 11.9 Å². The normalized spacial score (nSPS) is 32.0. The van der Waals surface area contributed by atoms with E-state index in [2.05, 4.69) is 0 Å². The van der Waals surface area contributed by atoms with E-state index in [0.29, 0.717) is 11.8 Å². The predicted molar refractivity (Wildman–Crippen MR) is 208 cm³/mol. The van der Waals surface area contributed by atoms with Crippen molar-refractivity contribution in [2.45, 2.75) is 160 Å². The van der Waals surface area contributed by atoms with Crippen LogP contribution < -0.4 is 0 Å². The van der Waals surface area contributed by atoms with Gasteiger partial charge in [0.25, 0.3) is 0 Å². The van der Waals surface area contributed by atoms with Crippen molar-refractivity contribution in [3.05, 3.63) is 0 Å². The van der Waals surface area contributed by atoms with E-state index in [1.165, 1.54) is 7.11 Å². The zero-order valence-corrected chi connectivity index (χ0v) is 38.2. The van der Waals surface area contributed by atoms with Crippen LogP contribution in [0.5, 0.6) is 0 Å². The van der Waals surface area contributed by atoms with E-state index in [9.17, 15) is 47.9 Å². The van der Waals surface area contributed by atoms with Gasteiger partial charge < -0.3 is 71.1 Å². The number of thioether (sulfide) groups is 1. The molecule has 6 unspecified atom stereocenters. The van der Waals surface area contributed by atoms with Gasteiger partial charge >= 0.3 is 59.7 Å². The highest BCUT2D eigenvalue weighted by molar-refractivity contribution is 8.00. The first-order valence-electron chi connectivity index (χ1n) is 19.8. The lowest BCUT2D eigenvalue weighted by molar-refractivity contribution is -0.316. The minimum absolute atomic E-state index is 0.612. The molecule has 0 amide bonds. The summed E-state index contributed by atoms with van der Waals surface area (Å²) >= 11 is 0.640. The summed E-state index contributed by atoms with van der Waals surface area (Å²) in [5.74, 6) is -8.85. The Balaban J connectivity index is 2.27. The molecule has 0 bridgehead atoms. The Bertz CT molecular complexity index is 1750. The van der Waals surface area contributed by atoms with Gasteiger partial charge in [-0.15, -0.1) is 11.8 Å². The molecule has 65 heavy (non-hydrogen) atoms. The Labute approximate surface area is 376 Å². The SMILES string of the molecule is CO[C@H]1OC(CO[C@@H]2OC(COC(C)=O)[C@@H](OC(C)=O)[C@@H](OC(C)=O)C2S[C@@H]2OC(COC(C)=O)[C@@H](OC(C)=O)[C@@H](OC(C)=O)C2OC(C)=O)[C@@H](OC(C)=O)[C@@H](OC(C)=O)C1OC(C)=O. The van der Waals surface area contributed by atoms with Gasteiger partial charge in [-0.05, 0) is 0 Å². The van der Waals surface area contributed by atoms with E-state index in [4.69, 9.17) is 71.1 Å². The van der Waals surface area contributed by atoms with Crippen LogP contribution in [0.25, 0.3) is 0 Å². The molecule has 3 aliphatic rings. The average molecular weight is 955 g/mol. The maximum atomic E-state index is 12.9. The summed E-state index contributed by atoms with van der Waals surface area (Å²) < 4.78 is 85.2. The first kappa shape index (κ1) is 54.2. The smallest absolute Gasteiger partial charge is 0.303 e. The molecule has 3 saturated heterocycles. The predicted octanol–water partition coefficient (Wildman–Crippen LogP) is -0.494. The molecule has 0 spiro atoms. The fourth-order valence-electron chi connectivity index (χ4n) is 6.97. The molecular weight excluding hydrogens is 900 g/mol. The zero-order valence-electron chi connectivity index (χ0n) is 37.4. The molecule has 3 fully saturated rings. The second kappa shape index (κ2) is 24.9. The lowest BCUT2D eigenvalue weighted by Crippen LogP contribution is -2.65. The molecule has 0 radical (unpaired) electrons. The third-order valence-corrected chi connectivity index (χ3v) is 10.5. The van der Waals surface area contributed by atoms with Crippen molar-refractivity contribution in [2.75, 3.05) is 26.9 Å². The number of esters is 10. The largest absolute Gasteiger partial charge is 0.463 e. The Hall–Kier alpha value is -5.15. The zero-order chi connectivity index (χ0) is 48.9. The molecule has 3 heterocycles. The number of ether oxygens (including phenoxy) is 15. The van der Waals surface area contributed by atoms with Gasteiger partial charge in [-0.1, -0.05) is 0 Å². The molecule has 0 aromatic rings. The molecule has 0 saturated carbocycles. The third-order valence-electron chi connectivity index (χ3n) is 9.04. The fourth-order valence-corrected chi connectivity index (χ4v) is 8.49. The maximum absolute atomic E-state index is 12.9. The van der Waals surface area contributed by atoms with E-state index >= 15 is 0 Å². The molecular formula is C39H54O25S. The Morgan fingerprint density at radius 3 is 1.11 bits per heavy atom. The molecule has 26 heteroatoms. The molecule has 0 aliphatic carbocycles. The van der Waals surface area contributed by atoms with Gasteiger partial charge in [0.15, 0.2) is 61.4 Å². The quantitative estimate of drug-likeness (QED) is 0.124. The Morgan fingerprint density at radius 2 is 0.692 bits per heavy atom. The molecule has 0 aromatic heterocycles. The number of carbonyl (C=O) groups excluding carboxylic acids is 10. The summed E-state index contributed by atoms with van der Waals surface area (Å²) in [5.41, 5.74) is -1.58. The van der Waals surface area contributed by atoms with Crippen LogP contribution in [0, 0.1) is 0 Å². The van der Waals surface area contributed by atoms with E-state index in [-0.39, 0.29) is 0 Å². The van der Waals surface area contributed by atoms with Crippen molar-refractivity contribution in [3.63, 3.8) is 0 Å². The minimum Gasteiger partial charge on any atom is -0.463 e. The molecule has 0 aromatic carbocycles. The minimum atomic E-state index is -1.73. The molecule has 15 atom stereocenters. The summed E-state index contributed by atoms with van der Waals surface area (Å²) in [6, 6.07) is 0. The summed E-state index contributed by atoms with van der Waals surface area (Å²) in [7, 11) is 1.18. The monoisotopic (exact) mass is 954 g/mol. The fraction of sp³-hybridized carbons (Fsp3) is 0.744. The van der Waals surface area contributed by atoms with Crippen molar-refractivity contribution in [3.8, 4) is 0 Å². The van der Waals surface area contributed by atoms with Crippen LogP contribution >= 0.6 is 11.8 Å². The van der Waals surface area contributed by atoms with Crippen LogP contribution in [-0.2, 0) is 119 Å². The highest BCUT2D eigenvalue weighted by Crippen LogP contribution is 2.43. The van der Waals surface area contributed by atoms with Crippen LogP contribution in [0.3, 0.4) is 0 Å². The van der Waals surface area contributed by atoms with E-state index < -0.39 is 170 Å². The van der Waals surface area contributed by atoms with Crippen molar-refractivity contribution in [2.24, 2.45) is 0 Å². The summed E-state index contributed by atoms with van der Waals surface area (Å²) in [6.07, 6.45) is -20.3. The van der Waals surface area contributed by atoms with E-state index in [1.807, 2.05) is 0 Å². The van der Waals surface area contributed by atoms with Crippen LogP contribution in [0.2, 0.25) is 0 Å². The number of methoxy groups -OCH3 is 1. The van der Waals surface area contributed by atoms with E-state index in [1.54, 1.807) is 0 Å².